The van der Waals surface area contributed by atoms with E-state index in [-0.39, 0.29) is 12.4 Å². The summed E-state index contributed by atoms with van der Waals surface area (Å²) >= 11 is 0. The summed E-state index contributed by atoms with van der Waals surface area (Å²) < 4.78 is 66.1. The van der Waals surface area contributed by atoms with Gasteiger partial charge in [-0.15, -0.1) is 0 Å². The predicted molar refractivity (Wildman–Crippen MR) is 96.6 cm³/mol. The molecular weight excluding hydrogens is 379 g/mol. The second-order valence-corrected chi connectivity index (χ2v) is 8.07. The van der Waals surface area contributed by atoms with Crippen LogP contribution < -0.4 is 9.62 Å². The molecule has 3 rings (SSSR count). The predicted octanol–water partition coefficient (Wildman–Crippen LogP) is 2.20. The van der Waals surface area contributed by atoms with E-state index in [0.29, 0.717) is 12.6 Å². The van der Waals surface area contributed by atoms with Crippen molar-refractivity contribution in [1.29, 1.82) is 0 Å². The summed E-state index contributed by atoms with van der Waals surface area (Å²) in [6, 6.07) is 8.51. The van der Waals surface area contributed by atoms with Crippen molar-refractivity contribution < 1.29 is 21.6 Å². The van der Waals surface area contributed by atoms with E-state index in [2.05, 4.69) is 14.5 Å². The van der Waals surface area contributed by atoms with Crippen LogP contribution in [-0.2, 0) is 10.0 Å². The number of nitrogens with zero attached hydrogens (tertiary/aromatic N) is 2. The second kappa shape index (κ2) is 8.28. The molecule has 1 heterocycles. The van der Waals surface area contributed by atoms with Crippen molar-refractivity contribution in [3.05, 3.63) is 59.9 Å². The van der Waals surface area contributed by atoms with Crippen molar-refractivity contribution in [1.82, 2.24) is 9.62 Å². The van der Waals surface area contributed by atoms with E-state index in [4.69, 9.17) is 0 Å². The maximum Gasteiger partial charge on any atom is 0.240 e. The highest BCUT2D eigenvalue weighted by atomic mass is 32.2. The lowest BCUT2D eigenvalue weighted by atomic mass is 10.2. The summed E-state index contributed by atoms with van der Waals surface area (Å²) in [6.07, 6.45) is 0. The Balaban J connectivity index is 1.48. The zero-order valence-electron chi connectivity index (χ0n) is 14.5. The molecule has 1 aliphatic heterocycles. The van der Waals surface area contributed by atoms with Crippen molar-refractivity contribution in [2.75, 3.05) is 44.2 Å². The quantitative estimate of drug-likeness (QED) is 0.809. The molecule has 2 aromatic carbocycles. The molecular formula is C18H20F3N3O2S. The van der Waals surface area contributed by atoms with Crippen LogP contribution in [0.15, 0.2) is 47.4 Å². The Kier molecular flexibility index (Phi) is 6.03. The summed E-state index contributed by atoms with van der Waals surface area (Å²) in [5, 5.41) is 0. The number of benzene rings is 2. The third-order valence-electron chi connectivity index (χ3n) is 4.43. The fourth-order valence-electron chi connectivity index (χ4n) is 2.99. The van der Waals surface area contributed by atoms with E-state index >= 15 is 0 Å². The van der Waals surface area contributed by atoms with Gasteiger partial charge in [-0.2, -0.15) is 0 Å². The number of hydrogen-bond acceptors (Lipinski definition) is 4. The van der Waals surface area contributed by atoms with Gasteiger partial charge >= 0.3 is 0 Å². The van der Waals surface area contributed by atoms with E-state index in [1.165, 1.54) is 12.1 Å². The van der Waals surface area contributed by atoms with Crippen LogP contribution in [0.2, 0.25) is 0 Å². The summed E-state index contributed by atoms with van der Waals surface area (Å²) in [5.74, 6) is -2.15. The van der Waals surface area contributed by atoms with Gasteiger partial charge < -0.3 is 4.90 Å². The monoisotopic (exact) mass is 399 g/mol. The van der Waals surface area contributed by atoms with Gasteiger partial charge in [-0.05, 0) is 36.4 Å². The van der Waals surface area contributed by atoms with Gasteiger partial charge in [-0.25, -0.2) is 26.3 Å². The van der Waals surface area contributed by atoms with Crippen LogP contribution in [-0.4, -0.2) is 52.6 Å². The number of rotatable bonds is 6. The highest BCUT2D eigenvalue weighted by molar-refractivity contribution is 7.89. The molecule has 0 aromatic heterocycles. The molecule has 146 valence electrons. The average Bonchev–Trinajstić information content (AvgIpc) is 2.62. The topological polar surface area (TPSA) is 52.7 Å². The standard InChI is InChI=1S/C18H20F3N3O2S/c19-14-1-3-17(4-2-14)24-9-7-23(8-10-24)6-5-22-27(25,26)18-12-15(20)11-16(21)13-18/h1-4,11-13,22H,5-10H2. The summed E-state index contributed by atoms with van der Waals surface area (Å²) in [6.45, 7) is 3.56. The van der Waals surface area contributed by atoms with Crippen LogP contribution in [0.25, 0.3) is 0 Å². The largest absolute Gasteiger partial charge is 0.369 e. The van der Waals surface area contributed by atoms with Gasteiger partial charge in [0.15, 0.2) is 0 Å². The van der Waals surface area contributed by atoms with Crippen LogP contribution in [0.1, 0.15) is 0 Å². The van der Waals surface area contributed by atoms with Crippen LogP contribution in [0, 0.1) is 17.5 Å². The average molecular weight is 399 g/mol. The lowest BCUT2D eigenvalue weighted by molar-refractivity contribution is 0.262. The normalized spacial score (nSPS) is 15.9. The summed E-state index contributed by atoms with van der Waals surface area (Å²) in [4.78, 5) is 3.80. The second-order valence-electron chi connectivity index (χ2n) is 6.31. The zero-order valence-corrected chi connectivity index (χ0v) is 15.4. The Labute approximate surface area is 156 Å². The van der Waals surface area contributed by atoms with Gasteiger partial charge in [-0.1, -0.05) is 0 Å². The molecule has 1 aliphatic rings. The van der Waals surface area contributed by atoms with E-state index in [0.717, 1.165) is 44.0 Å². The number of nitrogens with one attached hydrogen (secondary N) is 1. The molecule has 1 fully saturated rings. The van der Waals surface area contributed by atoms with E-state index in [9.17, 15) is 21.6 Å². The third kappa shape index (κ3) is 5.21. The van der Waals surface area contributed by atoms with Crippen LogP contribution in [0.5, 0.6) is 0 Å². The maximum absolute atomic E-state index is 13.2. The lowest BCUT2D eigenvalue weighted by Gasteiger charge is -2.36. The number of halogens is 3. The molecule has 5 nitrogen and oxygen atoms in total. The van der Waals surface area contributed by atoms with Gasteiger partial charge in [0, 0.05) is 51.0 Å². The molecule has 0 unspecified atom stereocenters. The molecule has 0 spiro atoms. The molecule has 2 aromatic rings. The Morgan fingerprint density at radius 1 is 0.852 bits per heavy atom. The number of hydrogen-bond donors (Lipinski definition) is 1. The van der Waals surface area contributed by atoms with Gasteiger partial charge in [0.1, 0.15) is 17.5 Å². The van der Waals surface area contributed by atoms with E-state index in [1.807, 2.05) is 0 Å². The molecule has 27 heavy (non-hydrogen) atoms. The van der Waals surface area contributed by atoms with Crippen LogP contribution in [0.3, 0.4) is 0 Å². The van der Waals surface area contributed by atoms with Gasteiger partial charge in [0.2, 0.25) is 10.0 Å². The molecule has 0 saturated carbocycles. The minimum atomic E-state index is -3.97. The first-order valence-electron chi connectivity index (χ1n) is 8.52. The van der Waals surface area contributed by atoms with E-state index < -0.39 is 26.6 Å². The molecule has 1 saturated heterocycles. The molecule has 1 N–H and O–H groups in total. The zero-order chi connectivity index (χ0) is 19.4. The van der Waals surface area contributed by atoms with Gasteiger partial charge in [0.25, 0.3) is 0 Å². The minimum Gasteiger partial charge on any atom is -0.369 e. The summed E-state index contributed by atoms with van der Waals surface area (Å²) in [7, 11) is -3.97. The van der Waals surface area contributed by atoms with E-state index in [1.54, 1.807) is 12.1 Å². The first kappa shape index (κ1) is 19.7. The number of anilines is 1. The van der Waals surface area contributed by atoms with Crippen molar-refractivity contribution in [3.8, 4) is 0 Å². The van der Waals surface area contributed by atoms with Crippen molar-refractivity contribution in [2.45, 2.75) is 4.90 Å². The van der Waals surface area contributed by atoms with Crippen molar-refractivity contribution >= 4 is 15.7 Å². The number of sulfonamides is 1. The molecule has 0 radical (unpaired) electrons. The first-order valence-corrected chi connectivity index (χ1v) is 10.0. The smallest absolute Gasteiger partial charge is 0.240 e. The fraction of sp³-hybridized carbons (Fsp3) is 0.333. The van der Waals surface area contributed by atoms with Gasteiger partial charge in [-0.3, -0.25) is 4.90 Å². The Morgan fingerprint density at radius 3 is 2.04 bits per heavy atom. The van der Waals surface area contributed by atoms with Crippen LogP contribution >= 0.6 is 0 Å². The third-order valence-corrected chi connectivity index (χ3v) is 5.87. The highest BCUT2D eigenvalue weighted by Crippen LogP contribution is 2.17. The van der Waals surface area contributed by atoms with Crippen molar-refractivity contribution in [2.24, 2.45) is 0 Å². The van der Waals surface area contributed by atoms with Gasteiger partial charge in [0.05, 0.1) is 4.90 Å². The highest BCUT2D eigenvalue weighted by Gasteiger charge is 2.19. The Morgan fingerprint density at radius 2 is 1.44 bits per heavy atom. The molecule has 0 atom stereocenters. The molecule has 9 heteroatoms. The lowest BCUT2D eigenvalue weighted by Crippen LogP contribution is -2.48. The summed E-state index contributed by atoms with van der Waals surface area (Å²) in [5.41, 5.74) is 0.949. The molecule has 0 aliphatic carbocycles. The number of piperazine rings is 1. The molecule has 0 amide bonds. The Bertz CT molecular complexity index is 863. The Hall–Kier alpha value is -2.10. The van der Waals surface area contributed by atoms with Crippen molar-refractivity contribution in [3.63, 3.8) is 0 Å². The first-order chi connectivity index (χ1) is 12.8. The van der Waals surface area contributed by atoms with Crippen LogP contribution in [0.4, 0.5) is 18.9 Å². The minimum absolute atomic E-state index is 0.136. The maximum atomic E-state index is 13.2. The molecule has 0 bridgehead atoms. The fourth-order valence-corrected chi connectivity index (χ4v) is 4.05. The SMILES string of the molecule is O=S(=O)(NCCN1CCN(c2ccc(F)cc2)CC1)c1cc(F)cc(F)c1.